The Kier molecular flexibility index (Phi) is 13.3. The van der Waals surface area contributed by atoms with E-state index in [0.717, 1.165) is 25.7 Å². The average molecular weight is 308 g/mol. The van der Waals surface area contributed by atoms with Gasteiger partial charge in [0.15, 0.2) is 0 Å². The monoisotopic (exact) mass is 307 g/mol. The van der Waals surface area contributed by atoms with E-state index in [1.165, 1.54) is 64.2 Å². The van der Waals surface area contributed by atoms with Gasteiger partial charge in [0.25, 0.3) is 0 Å². The molecular weight excluding hydrogens is 270 g/mol. The van der Waals surface area contributed by atoms with Crippen molar-refractivity contribution in [2.75, 3.05) is 0 Å². The number of nitrogens with zero attached hydrogens (tertiary/aromatic N) is 1. The van der Waals surface area contributed by atoms with Crippen molar-refractivity contribution in [3.05, 3.63) is 0 Å². The van der Waals surface area contributed by atoms with Crippen LogP contribution in [0, 0.1) is 16.7 Å². The SMILES string of the molecule is CC(C)(C)C(=O)CCCCCCCCCCCCCCC#N. The maximum atomic E-state index is 11.8. The van der Waals surface area contributed by atoms with Crippen LogP contribution in [-0.4, -0.2) is 5.78 Å². The van der Waals surface area contributed by atoms with E-state index < -0.39 is 0 Å². The number of hydrogen-bond acceptors (Lipinski definition) is 2. The molecule has 0 aliphatic carbocycles. The minimum atomic E-state index is -0.158. The molecular formula is C20H37NO. The second kappa shape index (κ2) is 13.8. The lowest BCUT2D eigenvalue weighted by molar-refractivity contribution is -0.126. The minimum Gasteiger partial charge on any atom is -0.299 e. The number of carbonyl (C=O) groups is 1. The van der Waals surface area contributed by atoms with Crippen LogP contribution in [0.25, 0.3) is 0 Å². The lowest BCUT2D eigenvalue weighted by Crippen LogP contribution is -2.19. The molecule has 0 atom stereocenters. The molecule has 2 heteroatoms. The average Bonchev–Trinajstić information content (AvgIpc) is 2.46. The summed E-state index contributed by atoms with van der Waals surface area (Å²) in [5.74, 6) is 0.405. The van der Waals surface area contributed by atoms with Crippen LogP contribution in [-0.2, 0) is 4.79 Å². The summed E-state index contributed by atoms with van der Waals surface area (Å²) in [5.41, 5.74) is -0.158. The van der Waals surface area contributed by atoms with Gasteiger partial charge < -0.3 is 0 Å². The number of unbranched alkanes of at least 4 members (excludes halogenated alkanes) is 12. The quantitative estimate of drug-likeness (QED) is 0.340. The van der Waals surface area contributed by atoms with Crippen LogP contribution >= 0.6 is 0 Å². The Morgan fingerprint density at radius 3 is 1.45 bits per heavy atom. The van der Waals surface area contributed by atoms with Gasteiger partial charge in [-0.05, 0) is 12.8 Å². The number of carbonyl (C=O) groups excluding carboxylic acids is 1. The van der Waals surface area contributed by atoms with Crippen molar-refractivity contribution in [3.8, 4) is 6.07 Å². The van der Waals surface area contributed by atoms with Crippen LogP contribution in [0.2, 0.25) is 0 Å². The first-order valence-electron chi connectivity index (χ1n) is 9.38. The van der Waals surface area contributed by atoms with Gasteiger partial charge in [0, 0.05) is 18.3 Å². The summed E-state index contributed by atoms with van der Waals surface area (Å²) >= 11 is 0. The van der Waals surface area contributed by atoms with E-state index in [1.807, 2.05) is 20.8 Å². The molecule has 0 N–H and O–H groups in total. The summed E-state index contributed by atoms with van der Waals surface area (Å²) in [6.07, 6.45) is 16.7. The Balaban J connectivity index is 3.15. The zero-order valence-corrected chi connectivity index (χ0v) is 15.3. The van der Waals surface area contributed by atoms with Gasteiger partial charge in [0.2, 0.25) is 0 Å². The first-order chi connectivity index (χ1) is 10.5. The molecule has 0 aromatic carbocycles. The standard InChI is InChI=1S/C20H37NO/c1-20(2,3)19(22)17-15-13-11-9-7-5-4-6-8-10-12-14-16-18-21/h4-17H2,1-3H3. The third-order valence-corrected chi connectivity index (χ3v) is 4.28. The van der Waals surface area contributed by atoms with Crippen LogP contribution in [0.5, 0.6) is 0 Å². The van der Waals surface area contributed by atoms with Crippen LogP contribution < -0.4 is 0 Å². The second-order valence-electron chi connectivity index (χ2n) is 7.57. The normalized spacial score (nSPS) is 11.4. The summed E-state index contributed by atoms with van der Waals surface area (Å²) < 4.78 is 0. The fourth-order valence-corrected chi connectivity index (χ4v) is 2.63. The Morgan fingerprint density at radius 2 is 1.09 bits per heavy atom. The molecule has 0 heterocycles. The number of hydrogen-bond donors (Lipinski definition) is 0. The number of ketones is 1. The minimum absolute atomic E-state index is 0.158. The number of Topliss-reactive ketones (excluding diaryl/α,β-unsaturated/α-hetero) is 1. The van der Waals surface area contributed by atoms with Gasteiger partial charge in [0.1, 0.15) is 5.78 Å². The van der Waals surface area contributed by atoms with E-state index in [1.54, 1.807) is 0 Å². The fraction of sp³-hybridized carbons (Fsp3) is 0.900. The predicted octanol–water partition coefficient (Wildman–Crippen LogP) is 6.59. The van der Waals surface area contributed by atoms with Gasteiger partial charge in [-0.15, -0.1) is 0 Å². The molecule has 0 aliphatic rings. The van der Waals surface area contributed by atoms with E-state index in [0.29, 0.717) is 5.78 Å². The summed E-state index contributed by atoms with van der Waals surface area (Å²) in [7, 11) is 0. The second-order valence-corrected chi connectivity index (χ2v) is 7.57. The summed E-state index contributed by atoms with van der Waals surface area (Å²) in [4.78, 5) is 11.8. The summed E-state index contributed by atoms with van der Waals surface area (Å²) in [6.45, 7) is 6.04. The molecule has 22 heavy (non-hydrogen) atoms. The molecule has 0 radical (unpaired) electrons. The molecule has 0 fully saturated rings. The molecule has 0 saturated heterocycles. The van der Waals surface area contributed by atoms with E-state index in [9.17, 15) is 4.79 Å². The highest BCUT2D eigenvalue weighted by atomic mass is 16.1. The van der Waals surface area contributed by atoms with Crippen molar-refractivity contribution in [3.63, 3.8) is 0 Å². The van der Waals surface area contributed by atoms with Gasteiger partial charge in [-0.25, -0.2) is 0 Å². The van der Waals surface area contributed by atoms with E-state index in [4.69, 9.17) is 5.26 Å². The van der Waals surface area contributed by atoms with E-state index >= 15 is 0 Å². The van der Waals surface area contributed by atoms with Crippen LogP contribution in [0.15, 0.2) is 0 Å². The van der Waals surface area contributed by atoms with Crippen molar-refractivity contribution in [2.45, 2.75) is 111 Å². The molecule has 0 unspecified atom stereocenters. The van der Waals surface area contributed by atoms with Gasteiger partial charge >= 0.3 is 0 Å². The van der Waals surface area contributed by atoms with Gasteiger partial charge in [-0.3, -0.25) is 4.79 Å². The maximum Gasteiger partial charge on any atom is 0.138 e. The van der Waals surface area contributed by atoms with Crippen LogP contribution in [0.3, 0.4) is 0 Å². The molecule has 2 nitrogen and oxygen atoms in total. The van der Waals surface area contributed by atoms with Gasteiger partial charge in [-0.1, -0.05) is 85.0 Å². The third-order valence-electron chi connectivity index (χ3n) is 4.28. The molecule has 0 aromatic rings. The predicted molar refractivity (Wildman–Crippen MR) is 94.7 cm³/mol. The summed E-state index contributed by atoms with van der Waals surface area (Å²) in [5, 5.41) is 8.44. The Labute approximate surface area is 138 Å². The zero-order chi connectivity index (χ0) is 16.7. The fourth-order valence-electron chi connectivity index (χ4n) is 2.63. The lowest BCUT2D eigenvalue weighted by Gasteiger charge is -2.16. The highest BCUT2D eigenvalue weighted by Crippen LogP contribution is 2.19. The highest BCUT2D eigenvalue weighted by Gasteiger charge is 2.19. The lowest BCUT2D eigenvalue weighted by atomic mass is 9.88. The third kappa shape index (κ3) is 14.1. The van der Waals surface area contributed by atoms with Crippen molar-refractivity contribution in [1.29, 1.82) is 5.26 Å². The maximum absolute atomic E-state index is 11.8. The number of nitriles is 1. The molecule has 0 bridgehead atoms. The molecule has 0 aliphatic heterocycles. The number of rotatable bonds is 14. The molecule has 0 amide bonds. The van der Waals surface area contributed by atoms with Gasteiger partial charge in [0.05, 0.1) is 6.07 Å². The van der Waals surface area contributed by atoms with Gasteiger partial charge in [-0.2, -0.15) is 5.26 Å². The highest BCUT2D eigenvalue weighted by molar-refractivity contribution is 5.83. The first-order valence-corrected chi connectivity index (χ1v) is 9.38. The van der Waals surface area contributed by atoms with Crippen molar-refractivity contribution >= 4 is 5.78 Å². The van der Waals surface area contributed by atoms with Crippen molar-refractivity contribution < 1.29 is 4.79 Å². The molecule has 128 valence electrons. The summed E-state index contributed by atoms with van der Waals surface area (Å²) in [6, 6.07) is 2.20. The smallest absolute Gasteiger partial charge is 0.138 e. The van der Waals surface area contributed by atoms with Crippen molar-refractivity contribution in [1.82, 2.24) is 0 Å². The Bertz CT molecular complexity index is 309. The molecule has 0 rings (SSSR count). The molecule has 0 spiro atoms. The molecule has 0 aromatic heterocycles. The Morgan fingerprint density at radius 1 is 0.727 bits per heavy atom. The van der Waals surface area contributed by atoms with Crippen LogP contribution in [0.1, 0.15) is 111 Å². The largest absolute Gasteiger partial charge is 0.299 e. The van der Waals surface area contributed by atoms with Crippen LogP contribution in [0.4, 0.5) is 0 Å². The topological polar surface area (TPSA) is 40.9 Å². The van der Waals surface area contributed by atoms with Crippen molar-refractivity contribution in [2.24, 2.45) is 5.41 Å². The van der Waals surface area contributed by atoms with E-state index in [-0.39, 0.29) is 5.41 Å². The molecule has 0 saturated carbocycles. The Hall–Kier alpha value is -0.840. The van der Waals surface area contributed by atoms with E-state index in [2.05, 4.69) is 6.07 Å². The zero-order valence-electron chi connectivity index (χ0n) is 15.3. The first kappa shape index (κ1) is 21.2.